The summed E-state index contributed by atoms with van der Waals surface area (Å²) < 4.78 is 26.5. The Kier molecular flexibility index (Phi) is 4.18. The molecular formula is C14H21F2N3. The second kappa shape index (κ2) is 5.53. The molecule has 1 aromatic rings. The lowest BCUT2D eigenvalue weighted by atomic mass is 9.83. The van der Waals surface area contributed by atoms with E-state index in [9.17, 15) is 8.78 Å². The largest absolute Gasteiger partial charge is 0.302 e. The van der Waals surface area contributed by atoms with Crippen LogP contribution in [-0.4, -0.2) is 24.5 Å². The van der Waals surface area contributed by atoms with Crippen molar-refractivity contribution in [3.8, 4) is 0 Å². The molecule has 3 nitrogen and oxygen atoms in total. The number of hydrazine groups is 1. The summed E-state index contributed by atoms with van der Waals surface area (Å²) in [7, 11) is 4.02. The highest BCUT2D eigenvalue weighted by Gasteiger charge is 2.43. The highest BCUT2D eigenvalue weighted by Crippen LogP contribution is 2.43. The first-order valence-electron chi connectivity index (χ1n) is 6.60. The van der Waals surface area contributed by atoms with Gasteiger partial charge >= 0.3 is 0 Å². The first-order valence-corrected chi connectivity index (χ1v) is 6.60. The van der Waals surface area contributed by atoms with Gasteiger partial charge in [-0.1, -0.05) is 18.9 Å². The Bertz CT molecular complexity index is 442. The predicted molar refractivity (Wildman–Crippen MR) is 71.3 cm³/mol. The number of benzene rings is 1. The minimum Gasteiger partial charge on any atom is -0.302 e. The molecule has 0 heterocycles. The molecule has 0 amide bonds. The molecule has 0 spiro atoms. The highest BCUT2D eigenvalue weighted by atomic mass is 19.2. The Labute approximate surface area is 112 Å². The van der Waals surface area contributed by atoms with Crippen LogP contribution < -0.4 is 11.3 Å². The predicted octanol–water partition coefficient (Wildman–Crippen LogP) is 2.34. The minimum atomic E-state index is -0.829. The lowest BCUT2D eigenvalue weighted by Crippen LogP contribution is -2.53. The summed E-state index contributed by atoms with van der Waals surface area (Å²) in [6.45, 7) is 0. The average Bonchev–Trinajstić information content (AvgIpc) is 2.85. The van der Waals surface area contributed by atoms with Gasteiger partial charge in [-0.25, -0.2) is 8.78 Å². The van der Waals surface area contributed by atoms with E-state index in [1.807, 2.05) is 14.1 Å². The summed E-state index contributed by atoms with van der Waals surface area (Å²) in [4.78, 5) is 2.14. The first kappa shape index (κ1) is 14.4. The van der Waals surface area contributed by atoms with Crippen LogP contribution in [0.15, 0.2) is 18.2 Å². The van der Waals surface area contributed by atoms with Gasteiger partial charge in [0.2, 0.25) is 0 Å². The smallest absolute Gasteiger partial charge is 0.159 e. The van der Waals surface area contributed by atoms with Crippen LogP contribution in [0.1, 0.15) is 37.3 Å². The van der Waals surface area contributed by atoms with Crippen LogP contribution in [0.4, 0.5) is 8.78 Å². The van der Waals surface area contributed by atoms with Gasteiger partial charge in [0.25, 0.3) is 0 Å². The summed E-state index contributed by atoms with van der Waals surface area (Å²) in [5, 5.41) is 0. The van der Waals surface area contributed by atoms with Crippen molar-refractivity contribution < 1.29 is 8.78 Å². The number of likely N-dealkylation sites (N-methyl/N-ethyl adjacent to an activating group) is 1. The number of nitrogens with zero attached hydrogens (tertiary/aromatic N) is 1. The van der Waals surface area contributed by atoms with E-state index >= 15 is 0 Å². The van der Waals surface area contributed by atoms with Crippen molar-refractivity contribution >= 4 is 0 Å². The normalized spacial score (nSPS) is 19.9. The topological polar surface area (TPSA) is 41.3 Å². The number of rotatable bonds is 4. The zero-order valence-corrected chi connectivity index (χ0v) is 11.4. The van der Waals surface area contributed by atoms with Gasteiger partial charge in [0.1, 0.15) is 0 Å². The van der Waals surface area contributed by atoms with E-state index < -0.39 is 11.6 Å². The van der Waals surface area contributed by atoms with Crippen LogP contribution in [0, 0.1) is 11.6 Å². The van der Waals surface area contributed by atoms with Gasteiger partial charge < -0.3 is 4.90 Å². The van der Waals surface area contributed by atoms with Crippen LogP contribution in [0.3, 0.4) is 0 Å². The zero-order valence-electron chi connectivity index (χ0n) is 11.4. The third-order valence-electron chi connectivity index (χ3n) is 4.34. The Balaban J connectivity index is 2.40. The second-order valence-electron chi connectivity index (χ2n) is 5.48. The Hall–Kier alpha value is -1.04. The van der Waals surface area contributed by atoms with Crippen molar-refractivity contribution in [1.29, 1.82) is 0 Å². The van der Waals surface area contributed by atoms with E-state index in [1.165, 1.54) is 6.07 Å². The van der Waals surface area contributed by atoms with Crippen LogP contribution in [-0.2, 0) is 0 Å². The molecule has 2 rings (SSSR count). The van der Waals surface area contributed by atoms with Crippen molar-refractivity contribution in [2.75, 3.05) is 14.1 Å². The maximum Gasteiger partial charge on any atom is 0.159 e. The molecule has 1 saturated carbocycles. The van der Waals surface area contributed by atoms with Crippen molar-refractivity contribution in [2.24, 2.45) is 5.84 Å². The molecule has 106 valence electrons. The van der Waals surface area contributed by atoms with Gasteiger partial charge in [0.15, 0.2) is 11.6 Å². The Morgan fingerprint density at radius 1 is 1.21 bits per heavy atom. The quantitative estimate of drug-likeness (QED) is 0.651. The number of hydrogen-bond donors (Lipinski definition) is 2. The number of nitrogens with two attached hydrogens (primary N) is 1. The van der Waals surface area contributed by atoms with Gasteiger partial charge in [-0.3, -0.25) is 11.3 Å². The molecule has 1 fully saturated rings. The first-order chi connectivity index (χ1) is 9.01. The van der Waals surface area contributed by atoms with Crippen molar-refractivity contribution in [3.05, 3.63) is 35.4 Å². The molecule has 0 bridgehead atoms. The summed E-state index contributed by atoms with van der Waals surface area (Å²) in [6, 6.07) is 3.79. The molecule has 0 radical (unpaired) electrons. The number of halogens is 2. The molecule has 5 heteroatoms. The molecule has 0 aromatic heterocycles. The van der Waals surface area contributed by atoms with Crippen molar-refractivity contribution in [2.45, 2.75) is 37.3 Å². The van der Waals surface area contributed by atoms with Crippen LogP contribution >= 0.6 is 0 Å². The second-order valence-corrected chi connectivity index (χ2v) is 5.48. The molecule has 3 N–H and O–H groups in total. The van der Waals surface area contributed by atoms with Crippen LogP contribution in [0.2, 0.25) is 0 Å². The van der Waals surface area contributed by atoms with Gasteiger partial charge in [-0.05, 0) is 44.6 Å². The third-order valence-corrected chi connectivity index (χ3v) is 4.34. The molecule has 1 atom stereocenters. The highest BCUT2D eigenvalue weighted by molar-refractivity contribution is 5.25. The van der Waals surface area contributed by atoms with E-state index in [0.717, 1.165) is 31.7 Å². The Morgan fingerprint density at radius 2 is 1.84 bits per heavy atom. The lowest BCUT2D eigenvalue weighted by Gasteiger charge is -2.43. The molecule has 1 aliphatic carbocycles. The van der Waals surface area contributed by atoms with E-state index in [2.05, 4.69) is 10.3 Å². The molecular weight excluding hydrogens is 248 g/mol. The number of nitrogens with one attached hydrogen (secondary N) is 1. The zero-order chi connectivity index (χ0) is 14.0. The standard InChI is InChI=1S/C14H21F2N3/c1-19(2)14(7-3-4-8-14)13(18-17)10-5-6-11(15)12(16)9-10/h5-6,9,13,18H,3-4,7-8,17H2,1-2H3. The lowest BCUT2D eigenvalue weighted by molar-refractivity contribution is 0.104. The molecule has 1 aromatic carbocycles. The van der Waals surface area contributed by atoms with Gasteiger partial charge in [0, 0.05) is 5.54 Å². The van der Waals surface area contributed by atoms with Gasteiger partial charge in [-0.15, -0.1) is 0 Å². The summed E-state index contributed by atoms with van der Waals surface area (Å²) in [5.74, 6) is 4.04. The monoisotopic (exact) mass is 269 g/mol. The summed E-state index contributed by atoms with van der Waals surface area (Å²) in [6.07, 6.45) is 4.24. The molecule has 1 aliphatic rings. The fourth-order valence-electron chi connectivity index (χ4n) is 3.23. The fourth-order valence-corrected chi connectivity index (χ4v) is 3.23. The SMILES string of the molecule is CN(C)C1(C(NN)c2ccc(F)c(F)c2)CCCC1. The van der Waals surface area contributed by atoms with E-state index in [4.69, 9.17) is 5.84 Å². The van der Waals surface area contributed by atoms with Gasteiger partial charge in [-0.2, -0.15) is 0 Å². The average molecular weight is 269 g/mol. The van der Waals surface area contributed by atoms with E-state index in [-0.39, 0.29) is 11.6 Å². The van der Waals surface area contributed by atoms with Crippen molar-refractivity contribution in [1.82, 2.24) is 10.3 Å². The minimum absolute atomic E-state index is 0.140. The van der Waals surface area contributed by atoms with Gasteiger partial charge in [0.05, 0.1) is 6.04 Å². The maximum absolute atomic E-state index is 13.4. The van der Waals surface area contributed by atoms with Crippen LogP contribution in [0.5, 0.6) is 0 Å². The fraction of sp³-hybridized carbons (Fsp3) is 0.571. The van der Waals surface area contributed by atoms with Crippen LogP contribution in [0.25, 0.3) is 0 Å². The molecule has 1 unspecified atom stereocenters. The molecule has 0 saturated heterocycles. The molecule has 0 aliphatic heterocycles. The summed E-state index contributed by atoms with van der Waals surface area (Å²) >= 11 is 0. The summed E-state index contributed by atoms with van der Waals surface area (Å²) in [5.41, 5.74) is 3.35. The van der Waals surface area contributed by atoms with Crippen molar-refractivity contribution in [3.63, 3.8) is 0 Å². The number of hydrogen-bond acceptors (Lipinski definition) is 3. The maximum atomic E-state index is 13.4. The third kappa shape index (κ3) is 2.50. The molecule has 19 heavy (non-hydrogen) atoms. The Morgan fingerprint density at radius 3 is 2.32 bits per heavy atom. The van der Waals surface area contributed by atoms with E-state index in [1.54, 1.807) is 6.07 Å². The van der Waals surface area contributed by atoms with E-state index in [0.29, 0.717) is 5.56 Å².